The summed E-state index contributed by atoms with van der Waals surface area (Å²) in [6.07, 6.45) is 0. The van der Waals surface area contributed by atoms with Crippen LogP contribution in [0.1, 0.15) is 5.69 Å². The SMILES string of the molecule is NCc1nc2cccc(F)c2nc1-c1ccccc1Cl. The molecule has 2 N–H and O–H groups in total. The first-order chi connectivity index (χ1) is 9.70. The van der Waals surface area contributed by atoms with E-state index in [4.69, 9.17) is 17.3 Å². The number of nitrogens with two attached hydrogens (primary N) is 1. The molecule has 1 aromatic heterocycles. The fraction of sp³-hybridized carbons (Fsp3) is 0.0667. The van der Waals surface area contributed by atoms with Crippen LogP contribution in [0.3, 0.4) is 0 Å². The van der Waals surface area contributed by atoms with E-state index in [-0.39, 0.29) is 12.1 Å². The van der Waals surface area contributed by atoms with Gasteiger partial charge in [0.15, 0.2) is 5.82 Å². The second-order valence-electron chi connectivity index (χ2n) is 4.31. The predicted molar refractivity (Wildman–Crippen MR) is 77.8 cm³/mol. The van der Waals surface area contributed by atoms with Crippen molar-refractivity contribution in [1.82, 2.24) is 9.97 Å². The maximum Gasteiger partial charge on any atom is 0.151 e. The highest BCUT2D eigenvalue weighted by Gasteiger charge is 2.14. The monoisotopic (exact) mass is 287 g/mol. The smallest absolute Gasteiger partial charge is 0.151 e. The third-order valence-corrected chi connectivity index (χ3v) is 3.37. The van der Waals surface area contributed by atoms with Gasteiger partial charge in [0.2, 0.25) is 0 Å². The highest BCUT2D eigenvalue weighted by Crippen LogP contribution is 2.29. The highest BCUT2D eigenvalue weighted by atomic mass is 35.5. The molecule has 0 saturated carbocycles. The van der Waals surface area contributed by atoms with Crippen molar-refractivity contribution in [3.8, 4) is 11.3 Å². The molecule has 0 bridgehead atoms. The van der Waals surface area contributed by atoms with E-state index < -0.39 is 5.82 Å². The molecule has 3 nitrogen and oxygen atoms in total. The van der Waals surface area contributed by atoms with Gasteiger partial charge in [0.25, 0.3) is 0 Å². The zero-order valence-corrected chi connectivity index (χ0v) is 11.2. The normalized spacial score (nSPS) is 10.9. The Bertz CT molecular complexity index is 789. The third-order valence-electron chi connectivity index (χ3n) is 3.04. The zero-order chi connectivity index (χ0) is 14.1. The average Bonchev–Trinajstić information content (AvgIpc) is 2.47. The molecule has 0 fully saturated rings. The number of aromatic nitrogens is 2. The van der Waals surface area contributed by atoms with Crippen molar-refractivity contribution >= 4 is 22.6 Å². The second-order valence-corrected chi connectivity index (χ2v) is 4.72. The minimum absolute atomic E-state index is 0.208. The average molecular weight is 288 g/mol. The number of halogens is 2. The number of nitrogens with zero attached hydrogens (tertiary/aromatic N) is 2. The van der Waals surface area contributed by atoms with Crippen LogP contribution in [-0.4, -0.2) is 9.97 Å². The summed E-state index contributed by atoms with van der Waals surface area (Å²) in [5.41, 5.74) is 8.26. The van der Waals surface area contributed by atoms with Gasteiger partial charge in [-0.2, -0.15) is 0 Å². The molecule has 3 rings (SSSR count). The quantitative estimate of drug-likeness (QED) is 0.784. The zero-order valence-electron chi connectivity index (χ0n) is 10.5. The van der Waals surface area contributed by atoms with E-state index in [1.807, 2.05) is 18.2 Å². The van der Waals surface area contributed by atoms with E-state index >= 15 is 0 Å². The molecular formula is C15H11ClFN3. The fourth-order valence-corrected chi connectivity index (χ4v) is 2.32. The molecule has 0 radical (unpaired) electrons. The van der Waals surface area contributed by atoms with E-state index in [9.17, 15) is 4.39 Å². The Hall–Kier alpha value is -2.04. The largest absolute Gasteiger partial charge is 0.325 e. The standard InChI is InChI=1S/C15H11ClFN3/c16-10-5-2-1-4-9(10)14-13(8-18)19-12-7-3-6-11(17)15(12)20-14/h1-7H,8,18H2. The maximum atomic E-state index is 13.9. The van der Waals surface area contributed by atoms with Gasteiger partial charge in [-0.15, -0.1) is 0 Å². The topological polar surface area (TPSA) is 51.8 Å². The van der Waals surface area contributed by atoms with Gasteiger partial charge >= 0.3 is 0 Å². The molecule has 20 heavy (non-hydrogen) atoms. The number of benzene rings is 2. The first kappa shape index (κ1) is 13.0. The minimum Gasteiger partial charge on any atom is -0.325 e. The predicted octanol–water partition coefficient (Wildman–Crippen LogP) is 3.55. The first-order valence-corrected chi connectivity index (χ1v) is 6.48. The fourth-order valence-electron chi connectivity index (χ4n) is 2.09. The number of hydrogen-bond acceptors (Lipinski definition) is 3. The Morgan fingerprint density at radius 3 is 2.60 bits per heavy atom. The van der Waals surface area contributed by atoms with Crippen LogP contribution in [0.2, 0.25) is 5.02 Å². The molecule has 0 aliphatic heterocycles. The number of rotatable bonds is 2. The van der Waals surface area contributed by atoms with Gasteiger partial charge in [-0.05, 0) is 18.2 Å². The molecular weight excluding hydrogens is 277 g/mol. The number of para-hydroxylation sites is 1. The maximum absolute atomic E-state index is 13.9. The summed E-state index contributed by atoms with van der Waals surface area (Å²) < 4.78 is 13.9. The van der Waals surface area contributed by atoms with E-state index in [1.165, 1.54) is 6.07 Å². The Balaban J connectivity index is 2.34. The van der Waals surface area contributed by atoms with E-state index in [0.717, 1.165) is 0 Å². The summed E-state index contributed by atoms with van der Waals surface area (Å²) in [6, 6.07) is 11.9. The molecule has 0 amide bonds. The van der Waals surface area contributed by atoms with Gasteiger partial charge < -0.3 is 5.73 Å². The Morgan fingerprint density at radius 1 is 1.05 bits per heavy atom. The summed E-state index contributed by atoms with van der Waals surface area (Å²) in [5.74, 6) is -0.410. The lowest BCUT2D eigenvalue weighted by Gasteiger charge is -2.10. The van der Waals surface area contributed by atoms with Crippen molar-refractivity contribution in [3.05, 3.63) is 59.0 Å². The molecule has 1 heterocycles. The second kappa shape index (κ2) is 5.15. The molecule has 0 saturated heterocycles. The van der Waals surface area contributed by atoms with Gasteiger partial charge in [-0.25, -0.2) is 14.4 Å². The van der Waals surface area contributed by atoms with Crippen molar-refractivity contribution in [3.63, 3.8) is 0 Å². The summed E-state index contributed by atoms with van der Waals surface area (Å²) in [4.78, 5) is 8.76. The van der Waals surface area contributed by atoms with E-state index in [1.54, 1.807) is 18.2 Å². The van der Waals surface area contributed by atoms with Crippen molar-refractivity contribution in [2.45, 2.75) is 6.54 Å². The van der Waals surface area contributed by atoms with Gasteiger partial charge in [-0.1, -0.05) is 35.9 Å². The van der Waals surface area contributed by atoms with Gasteiger partial charge in [0.1, 0.15) is 5.52 Å². The Labute approximate surface area is 120 Å². The van der Waals surface area contributed by atoms with Crippen LogP contribution in [0.25, 0.3) is 22.3 Å². The van der Waals surface area contributed by atoms with Crippen molar-refractivity contribution in [2.75, 3.05) is 0 Å². The van der Waals surface area contributed by atoms with Crippen LogP contribution < -0.4 is 5.73 Å². The van der Waals surface area contributed by atoms with Crippen molar-refractivity contribution in [2.24, 2.45) is 5.73 Å². The first-order valence-electron chi connectivity index (χ1n) is 6.11. The summed E-state index contributed by atoms with van der Waals surface area (Å²) in [5, 5.41) is 0.534. The summed E-state index contributed by atoms with van der Waals surface area (Å²) >= 11 is 6.18. The van der Waals surface area contributed by atoms with Crippen LogP contribution >= 0.6 is 11.6 Å². The molecule has 3 aromatic rings. The molecule has 0 aliphatic rings. The van der Waals surface area contributed by atoms with E-state index in [0.29, 0.717) is 27.5 Å². The summed E-state index contributed by atoms with van der Waals surface area (Å²) in [6.45, 7) is 0.208. The van der Waals surface area contributed by atoms with E-state index in [2.05, 4.69) is 9.97 Å². The lowest BCUT2D eigenvalue weighted by atomic mass is 10.1. The molecule has 0 spiro atoms. The molecule has 100 valence electrons. The lowest BCUT2D eigenvalue weighted by molar-refractivity contribution is 0.636. The third kappa shape index (κ3) is 2.13. The highest BCUT2D eigenvalue weighted by molar-refractivity contribution is 6.33. The van der Waals surface area contributed by atoms with Crippen LogP contribution in [0, 0.1) is 5.82 Å². The van der Waals surface area contributed by atoms with Crippen LogP contribution in [0.4, 0.5) is 4.39 Å². The molecule has 0 unspecified atom stereocenters. The molecule has 2 aromatic carbocycles. The minimum atomic E-state index is -0.410. The lowest BCUT2D eigenvalue weighted by Crippen LogP contribution is -2.05. The molecule has 0 atom stereocenters. The van der Waals surface area contributed by atoms with Crippen molar-refractivity contribution < 1.29 is 4.39 Å². The van der Waals surface area contributed by atoms with Crippen LogP contribution in [-0.2, 0) is 6.54 Å². The van der Waals surface area contributed by atoms with Crippen LogP contribution in [0.15, 0.2) is 42.5 Å². The Morgan fingerprint density at radius 2 is 1.85 bits per heavy atom. The number of fused-ring (bicyclic) bond motifs is 1. The van der Waals surface area contributed by atoms with Gasteiger partial charge in [0, 0.05) is 12.1 Å². The van der Waals surface area contributed by atoms with Gasteiger partial charge in [-0.3, -0.25) is 0 Å². The Kier molecular flexibility index (Phi) is 3.34. The number of hydrogen-bond donors (Lipinski definition) is 1. The van der Waals surface area contributed by atoms with Gasteiger partial charge in [0.05, 0.1) is 21.9 Å². The van der Waals surface area contributed by atoms with Crippen LogP contribution in [0.5, 0.6) is 0 Å². The molecule has 5 heteroatoms. The molecule has 0 aliphatic carbocycles. The van der Waals surface area contributed by atoms with Crippen molar-refractivity contribution in [1.29, 1.82) is 0 Å². The summed E-state index contributed by atoms with van der Waals surface area (Å²) in [7, 11) is 0.